The second kappa shape index (κ2) is 21.9. The van der Waals surface area contributed by atoms with E-state index in [0.29, 0.717) is 0 Å². The van der Waals surface area contributed by atoms with Gasteiger partial charge in [0.2, 0.25) is 11.6 Å². The molecule has 0 aliphatic heterocycles. The first-order valence-corrected chi connectivity index (χ1v) is 30.3. The summed E-state index contributed by atoms with van der Waals surface area (Å²) in [4.78, 5) is 14.0. The van der Waals surface area contributed by atoms with Gasteiger partial charge in [-0.15, -0.1) is 0 Å². The second-order valence-electron chi connectivity index (χ2n) is 21.6. The monoisotopic (exact) mass is 1230 g/mol. The van der Waals surface area contributed by atoms with Crippen molar-refractivity contribution in [1.29, 1.82) is 0 Å². The van der Waals surface area contributed by atoms with Crippen LogP contribution in [0.5, 0.6) is 0 Å². The van der Waals surface area contributed by atoms with Gasteiger partial charge in [0.15, 0.2) is 0 Å². The summed E-state index contributed by atoms with van der Waals surface area (Å²) in [5.74, 6) is 1.75. The Balaban J connectivity index is 0.000000128. The largest absolute Gasteiger partial charge is 0.323 e. The van der Waals surface area contributed by atoms with Crippen LogP contribution in [0.2, 0.25) is 0 Å². The van der Waals surface area contributed by atoms with Crippen LogP contribution in [0, 0.1) is 3.57 Å². The minimum Gasteiger partial charge on any atom is -0.323 e. The molecule has 87 heavy (non-hydrogen) atoms. The first-order valence-electron chi connectivity index (χ1n) is 29.2. The number of aromatic amines is 1. The van der Waals surface area contributed by atoms with Gasteiger partial charge in [0.1, 0.15) is 0 Å². The lowest BCUT2D eigenvalue weighted by Crippen LogP contribution is -1.94. The highest BCUT2D eigenvalue weighted by Gasteiger charge is 2.25. The molecule has 0 aliphatic carbocycles. The maximum absolute atomic E-state index is 5.39. The number of nitrogens with zero attached hydrogens (tertiary/aromatic N) is 7. The van der Waals surface area contributed by atoms with Crippen LogP contribution in [0.4, 0.5) is 0 Å². The van der Waals surface area contributed by atoms with Crippen LogP contribution in [-0.2, 0) is 0 Å². The summed E-state index contributed by atoms with van der Waals surface area (Å²) in [5, 5.41) is 4.92. The standard InChI is InChI=1S/C39H26N4.C33H22N4.C6H5I/c1-4-14-27(15-5-1)37-38(43-36-23-13-12-22-35(36)42(39(43)40-37)30-18-8-3-9-19-30)28-24-25-34-32(26-28)31-20-10-11-21-33(31)41(34)29-16-6-2-7-17-29;1-3-11-22(12-4-1)31-32(37-30-18-10-8-16-27(30)34-33(37)35-31)23-19-20-29-26(21-23)25-15-7-9-17-28(25)36(29)24-13-5-2-6-14-24;7-6-4-2-1-3-5-6/h1-26H;1-21H,(H,34,35);1-5H. The number of rotatable bonds is 7. The average molecular weight is 1230 g/mol. The quantitative estimate of drug-likeness (QED) is 0.162. The SMILES string of the molecule is Ic1ccccc1.c1ccc(-c2nc3[nH]c4ccccc4n3c2-c2ccc3c(c2)c2ccccc2n3-c2ccccc2)cc1.c1ccc(-c2nc3n(-c4ccccc4)c4ccccc4n3c2-c2ccc3c(c2)c2ccccc2n3-c2ccccc2)cc1. The Hall–Kier alpha value is -11.0. The first-order chi connectivity index (χ1) is 43.1. The number of benzene rings is 12. The van der Waals surface area contributed by atoms with Gasteiger partial charge in [0, 0.05) is 64.4 Å². The lowest BCUT2D eigenvalue weighted by Gasteiger charge is -2.09. The van der Waals surface area contributed by atoms with Crippen LogP contribution in [-0.4, -0.2) is 37.5 Å². The summed E-state index contributed by atoms with van der Waals surface area (Å²) in [5.41, 5.74) is 21.2. The van der Waals surface area contributed by atoms with Crippen LogP contribution in [0.25, 0.3) is 139 Å². The summed E-state index contributed by atoms with van der Waals surface area (Å²) in [7, 11) is 0. The fourth-order valence-corrected chi connectivity index (χ4v) is 13.1. The van der Waals surface area contributed by atoms with Crippen LogP contribution < -0.4 is 0 Å². The topological polar surface area (TPSA) is 65.2 Å². The van der Waals surface area contributed by atoms with E-state index in [9.17, 15) is 0 Å². The van der Waals surface area contributed by atoms with Crippen molar-refractivity contribution in [2.75, 3.05) is 0 Å². The third-order valence-corrected chi connectivity index (χ3v) is 17.2. The minimum atomic E-state index is 0.849. The van der Waals surface area contributed by atoms with Crippen LogP contribution in [0.15, 0.2) is 315 Å². The zero-order valence-electron chi connectivity index (χ0n) is 47.0. The van der Waals surface area contributed by atoms with Crippen molar-refractivity contribution in [2.24, 2.45) is 0 Å². The van der Waals surface area contributed by atoms with Crippen LogP contribution >= 0.6 is 22.6 Å². The highest BCUT2D eigenvalue weighted by Crippen LogP contribution is 2.43. The predicted octanol–water partition coefficient (Wildman–Crippen LogP) is 20.2. The molecule has 0 atom stereocenters. The molecule has 412 valence electrons. The molecule has 0 aliphatic rings. The fraction of sp³-hybridized carbons (Fsp3) is 0. The van der Waals surface area contributed by atoms with Gasteiger partial charge in [-0.25, -0.2) is 9.97 Å². The number of aromatic nitrogens is 8. The number of fused-ring (bicyclic) bond motifs is 12. The molecule has 9 heteroatoms. The van der Waals surface area contributed by atoms with Crippen molar-refractivity contribution in [3.05, 3.63) is 319 Å². The number of nitrogens with one attached hydrogen (secondary N) is 1. The molecule has 8 nitrogen and oxygen atoms in total. The van der Waals surface area contributed by atoms with Gasteiger partial charge in [-0.3, -0.25) is 13.4 Å². The van der Waals surface area contributed by atoms with Gasteiger partial charge in [0.05, 0.1) is 66.9 Å². The number of H-pyrrole nitrogens is 1. The predicted molar refractivity (Wildman–Crippen MR) is 369 cm³/mol. The third kappa shape index (κ3) is 8.97. The van der Waals surface area contributed by atoms with Crippen LogP contribution in [0.1, 0.15) is 0 Å². The van der Waals surface area contributed by atoms with Crippen molar-refractivity contribution in [3.63, 3.8) is 0 Å². The zero-order chi connectivity index (χ0) is 57.8. The second-order valence-corrected chi connectivity index (χ2v) is 22.8. The van der Waals surface area contributed by atoms with E-state index in [0.717, 1.165) is 95.7 Å². The van der Waals surface area contributed by atoms with Gasteiger partial charge in [-0.1, -0.05) is 206 Å². The van der Waals surface area contributed by atoms with Gasteiger partial charge in [0.25, 0.3) is 0 Å². The number of halogens is 1. The molecule has 18 rings (SSSR count). The first kappa shape index (κ1) is 51.6. The number of hydrogen-bond donors (Lipinski definition) is 1. The highest BCUT2D eigenvalue weighted by molar-refractivity contribution is 14.1. The van der Waals surface area contributed by atoms with E-state index in [4.69, 9.17) is 9.97 Å². The number of hydrogen-bond acceptors (Lipinski definition) is 2. The van der Waals surface area contributed by atoms with E-state index in [1.54, 1.807) is 0 Å². The van der Waals surface area contributed by atoms with E-state index < -0.39 is 0 Å². The molecule has 0 bridgehead atoms. The summed E-state index contributed by atoms with van der Waals surface area (Å²) >= 11 is 2.28. The molecule has 0 saturated carbocycles. The smallest absolute Gasteiger partial charge is 0.220 e. The molecule has 0 spiro atoms. The minimum absolute atomic E-state index is 0.849. The molecule has 1 N–H and O–H groups in total. The Morgan fingerprint density at radius 1 is 0.276 bits per heavy atom. The van der Waals surface area contributed by atoms with E-state index in [1.165, 1.54) is 47.2 Å². The maximum Gasteiger partial charge on any atom is 0.220 e. The summed E-state index contributed by atoms with van der Waals surface area (Å²) in [6, 6.07) is 111. The molecule has 0 fully saturated rings. The summed E-state index contributed by atoms with van der Waals surface area (Å²) in [6.45, 7) is 0. The molecule has 6 heterocycles. The Labute approximate surface area is 514 Å². The molecule has 0 saturated heterocycles. The Bertz CT molecular complexity index is 5510. The van der Waals surface area contributed by atoms with Crippen LogP contribution in [0.3, 0.4) is 0 Å². The van der Waals surface area contributed by atoms with Crippen molar-refractivity contribution in [1.82, 2.24) is 37.5 Å². The summed E-state index contributed by atoms with van der Waals surface area (Å²) in [6.07, 6.45) is 0. The van der Waals surface area contributed by atoms with Crippen molar-refractivity contribution >= 4 is 99.8 Å². The molecule has 0 radical (unpaired) electrons. The van der Waals surface area contributed by atoms with Crippen molar-refractivity contribution < 1.29 is 0 Å². The third-order valence-electron chi connectivity index (χ3n) is 16.5. The lowest BCUT2D eigenvalue weighted by atomic mass is 10.0. The average Bonchev–Trinajstić information content (AvgIpc) is 1.66. The summed E-state index contributed by atoms with van der Waals surface area (Å²) < 4.78 is 12.9. The lowest BCUT2D eigenvalue weighted by molar-refractivity contribution is 1.10. The molecule has 6 aromatic heterocycles. The molecule has 0 unspecified atom stereocenters. The molecular weight excluding hydrogens is 1180 g/mol. The molecule has 12 aromatic carbocycles. The normalized spacial score (nSPS) is 11.5. The van der Waals surface area contributed by atoms with Gasteiger partial charge >= 0.3 is 0 Å². The number of imidazole rings is 4. The van der Waals surface area contributed by atoms with E-state index in [-0.39, 0.29) is 0 Å². The van der Waals surface area contributed by atoms with Crippen molar-refractivity contribution in [2.45, 2.75) is 0 Å². The molecular formula is C78H53IN8. The van der Waals surface area contributed by atoms with Gasteiger partial charge in [-0.05, 0) is 132 Å². The van der Waals surface area contributed by atoms with Gasteiger partial charge < -0.3 is 14.1 Å². The Kier molecular flexibility index (Phi) is 13.0. The van der Waals surface area contributed by atoms with Crippen molar-refractivity contribution in [3.8, 4) is 62.1 Å². The molecule has 0 amide bonds. The number of para-hydroxylation sites is 9. The van der Waals surface area contributed by atoms with E-state index >= 15 is 0 Å². The van der Waals surface area contributed by atoms with Gasteiger partial charge in [-0.2, -0.15) is 0 Å². The highest BCUT2D eigenvalue weighted by atomic mass is 127. The van der Waals surface area contributed by atoms with E-state index in [2.05, 4.69) is 341 Å². The fourth-order valence-electron chi connectivity index (χ4n) is 12.7. The Morgan fingerprint density at radius 3 is 1.15 bits per heavy atom. The Morgan fingerprint density at radius 2 is 0.655 bits per heavy atom. The zero-order valence-corrected chi connectivity index (χ0v) is 49.2. The maximum atomic E-state index is 5.39. The van der Waals surface area contributed by atoms with E-state index in [1.807, 2.05) is 24.3 Å². The molecule has 18 aromatic rings.